The van der Waals surface area contributed by atoms with E-state index in [0.717, 1.165) is 23.8 Å². The molecule has 0 spiro atoms. The summed E-state index contributed by atoms with van der Waals surface area (Å²) in [5.74, 6) is 0. The van der Waals surface area contributed by atoms with Crippen LogP contribution in [0.3, 0.4) is 0 Å². The number of nitrogens with one attached hydrogen (secondary N) is 1. The van der Waals surface area contributed by atoms with E-state index in [0.29, 0.717) is 6.04 Å². The Morgan fingerprint density at radius 3 is 3.05 bits per heavy atom. The van der Waals surface area contributed by atoms with Crippen molar-refractivity contribution in [2.24, 2.45) is 0 Å². The van der Waals surface area contributed by atoms with Crippen molar-refractivity contribution in [2.75, 3.05) is 0 Å². The zero-order valence-corrected chi connectivity index (χ0v) is 13.1. The van der Waals surface area contributed by atoms with Crippen molar-refractivity contribution in [2.45, 2.75) is 32.0 Å². The molecule has 2 aromatic heterocycles. The lowest BCUT2D eigenvalue weighted by molar-refractivity contribution is 0.686. The van der Waals surface area contributed by atoms with Crippen LogP contribution in [0.25, 0.3) is 10.9 Å². The molecule has 0 amide bonds. The molecule has 1 N–H and O–H groups in total. The minimum Gasteiger partial charge on any atom is -0.341 e. The minimum atomic E-state index is 0.717. The van der Waals surface area contributed by atoms with Gasteiger partial charge in [-0.25, -0.2) is 4.98 Å². The molecule has 4 rings (SSSR count). The Balaban J connectivity index is 1.71. The van der Waals surface area contributed by atoms with Crippen molar-refractivity contribution in [3.63, 3.8) is 0 Å². The zero-order chi connectivity index (χ0) is 14.2. The summed E-state index contributed by atoms with van der Waals surface area (Å²) in [6, 6.07) is 6.86. The molecule has 2 heterocycles. The van der Waals surface area contributed by atoms with Gasteiger partial charge in [0.2, 0.25) is 0 Å². The van der Waals surface area contributed by atoms with Gasteiger partial charge in [0.1, 0.15) is 0 Å². The first-order chi connectivity index (χ1) is 10.3. The van der Waals surface area contributed by atoms with Crippen molar-refractivity contribution in [3.8, 4) is 0 Å². The summed E-state index contributed by atoms with van der Waals surface area (Å²) in [7, 11) is 0. The molecule has 0 unspecified atom stereocenters. The largest absolute Gasteiger partial charge is 0.341 e. The van der Waals surface area contributed by atoms with Crippen LogP contribution in [-0.2, 0) is 13.1 Å². The van der Waals surface area contributed by atoms with E-state index >= 15 is 0 Å². The maximum atomic E-state index is 6.18. The molecule has 1 saturated carbocycles. The monoisotopic (exact) mass is 317 g/mol. The number of hydrogen-bond acceptors (Lipinski definition) is 3. The average molecular weight is 318 g/mol. The third kappa shape index (κ3) is 2.84. The fraction of sp³-hybridized carbons (Fsp3) is 0.312. The van der Waals surface area contributed by atoms with Crippen LogP contribution >= 0.6 is 22.9 Å². The van der Waals surface area contributed by atoms with Crippen LogP contribution in [0, 0.1) is 0 Å². The topological polar surface area (TPSA) is 29.9 Å². The van der Waals surface area contributed by atoms with Gasteiger partial charge in [-0.3, -0.25) is 0 Å². The Bertz CT molecular complexity index is 759. The number of rotatable bonds is 5. The van der Waals surface area contributed by atoms with Gasteiger partial charge in [0.05, 0.1) is 23.3 Å². The average Bonchev–Trinajstić information content (AvgIpc) is 3.06. The van der Waals surface area contributed by atoms with Gasteiger partial charge >= 0.3 is 0 Å². The predicted octanol–water partition coefficient (Wildman–Crippen LogP) is 4.05. The third-order valence-corrected chi connectivity index (χ3v) is 4.77. The van der Waals surface area contributed by atoms with Crippen LogP contribution in [0.5, 0.6) is 0 Å². The van der Waals surface area contributed by atoms with E-state index < -0.39 is 0 Å². The van der Waals surface area contributed by atoms with Crippen LogP contribution in [0.2, 0.25) is 5.02 Å². The van der Waals surface area contributed by atoms with E-state index in [9.17, 15) is 0 Å². The molecule has 0 atom stereocenters. The van der Waals surface area contributed by atoms with E-state index in [1.165, 1.54) is 29.3 Å². The number of aromatic nitrogens is 2. The summed E-state index contributed by atoms with van der Waals surface area (Å²) in [5, 5.41) is 7.75. The molecule has 0 bridgehead atoms. The molecule has 5 heteroatoms. The number of halogens is 1. The molecule has 1 fully saturated rings. The van der Waals surface area contributed by atoms with Crippen molar-refractivity contribution in [1.82, 2.24) is 14.9 Å². The highest BCUT2D eigenvalue weighted by Gasteiger charge is 2.21. The molecule has 21 heavy (non-hydrogen) atoms. The highest BCUT2D eigenvalue weighted by Crippen LogP contribution is 2.27. The molecule has 108 valence electrons. The standard InChI is InChI=1S/C16H16ClN3S/c17-12-1-4-15-11(6-18-13-2-3-13)7-20(16(15)5-12)8-14-9-21-10-19-14/h1,4-5,7,9-10,13,18H,2-3,6,8H2. The van der Waals surface area contributed by atoms with E-state index in [2.05, 4.69) is 32.5 Å². The van der Waals surface area contributed by atoms with E-state index in [-0.39, 0.29) is 0 Å². The Labute approximate surface area is 132 Å². The first-order valence-corrected chi connectivity index (χ1v) is 8.49. The molecule has 0 radical (unpaired) electrons. The molecule has 0 saturated heterocycles. The van der Waals surface area contributed by atoms with Crippen molar-refractivity contribution in [1.29, 1.82) is 0 Å². The van der Waals surface area contributed by atoms with Crippen molar-refractivity contribution in [3.05, 3.63) is 51.6 Å². The number of nitrogens with zero attached hydrogens (tertiary/aromatic N) is 2. The zero-order valence-electron chi connectivity index (χ0n) is 11.6. The lowest BCUT2D eigenvalue weighted by Gasteiger charge is -2.02. The second-order valence-electron chi connectivity index (χ2n) is 5.58. The quantitative estimate of drug-likeness (QED) is 0.769. The minimum absolute atomic E-state index is 0.717. The number of thiazole rings is 1. The van der Waals surface area contributed by atoms with Gasteiger partial charge in [0.25, 0.3) is 0 Å². The maximum Gasteiger partial charge on any atom is 0.0795 e. The highest BCUT2D eigenvalue weighted by molar-refractivity contribution is 7.07. The maximum absolute atomic E-state index is 6.18. The SMILES string of the molecule is Clc1ccc2c(CNC3CC3)cn(Cc3cscn3)c2c1. The fourth-order valence-corrected chi connectivity index (χ4v) is 3.36. The van der Waals surface area contributed by atoms with Gasteiger partial charge in [-0.1, -0.05) is 17.7 Å². The second-order valence-corrected chi connectivity index (χ2v) is 6.73. The molecule has 1 aliphatic carbocycles. The van der Waals surface area contributed by atoms with Crippen molar-refractivity contribution < 1.29 is 0 Å². The number of benzene rings is 1. The second kappa shape index (κ2) is 5.44. The first-order valence-electron chi connectivity index (χ1n) is 7.17. The summed E-state index contributed by atoms with van der Waals surface area (Å²) in [6.07, 6.45) is 4.85. The van der Waals surface area contributed by atoms with Gasteiger partial charge in [-0.05, 0) is 30.5 Å². The van der Waals surface area contributed by atoms with Gasteiger partial charge in [-0.15, -0.1) is 11.3 Å². The van der Waals surface area contributed by atoms with Gasteiger partial charge in [-0.2, -0.15) is 0 Å². The molecule has 3 nitrogen and oxygen atoms in total. The first kappa shape index (κ1) is 13.3. The third-order valence-electron chi connectivity index (χ3n) is 3.90. The van der Waals surface area contributed by atoms with Crippen LogP contribution in [0.1, 0.15) is 24.1 Å². The Kier molecular flexibility index (Phi) is 3.45. The van der Waals surface area contributed by atoms with Gasteiger partial charge < -0.3 is 9.88 Å². The highest BCUT2D eigenvalue weighted by atomic mass is 35.5. The van der Waals surface area contributed by atoms with E-state index in [4.69, 9.17) is 11.6 Å². The predicted molar refractivity (Wildman–Crippen MR) is 88.0 cm³/mol. The Hall–Kier alpha value is -1.36. The summed E-state index contributed by atoms with van der Waals surface area (Å²) in [5.41, 5.74) is 5.49. The summed E-state index contributed by atoms with van der Waals surface area (Å²) >= 11 is 7.81. The number of hydrogen-bond donors (Lipinski definition) is 1. The lowest BCUT2D eigenvalue weighted by Crippen LogP contribution is -2.14. The molecular formula is C16H16ClN3S. The molecule has 0 aliphatic heterocycles. The molecule has 3 aromatic rings. The van der Waals surface area contributed by atoms with Crippen LogP contribution < -0.4 is 5.32 Å². The van der Waals surface area contributed by atoms with Crippen LogP contribution in [0.4, 0.5) is 0 Å². The molecule has 1 aliphatic rings. The van der Waals surface area contributed by atoms with E-state index in [1.807, 2.05) is 17.6 Å². The summed E-state index contributed by atoms with van der Waals surface area (Å²) in [4.78, 5) is 4.38. The van der Waals surface area contributed by atoms with Crippen molar-refractivity contribution >= 4 is 33.8 Å². The molecule has 1 aromatic carbocycles. The number of fused-ring (bicyclic) bond motifs is 1. The van der Waals surface area contributed by atoms with Gasteiger partial charge in [0, 0.05) is 34.6 Å². The van der Waals surface area contributed by atoms with Crippen LogP contribution in [0.15, 0.2) is 35.3 Å². The van der Waals surface area contributed by atoms with E-state index in [1.54, 1.807) is 11.3 Å². The fourth-order valence-electron chi connectivity index (χ4n) is 2.64. The smallest absolute Gasteiger partial charge is 0.0795 e. The normalized spacial score (nSPS) is 14.9. The van der Waals surface area contributed by atoms with Gasteiger partial charge in [0.15, 0.2) is 0 Å². The lowest BCUT2D eigenvalue weighted by atomic mass is 10.2. The summed E-state index contributed by atoms with van der Waals surface area (Å²) < 4.78 is 2.25. The Morgan fingerprint density at radius 1 is 1.38 bits per heavy atom. The van der Waals surface area contributed by atoms with Crippen LogP contribution in [-0.4, -0.2) is 15.6 Å². The summed E-state index contributed by atoms with van der Waals surface area (Å²) in [6.45, 7) is 1.72. The Morgan fingerprint density at radius 2 is 2.29 bits per heavy atom. The molecular weight excluding hydrogens is 302 g/mol.